The van der Waals surface area contributed by atoms with Gasteiger partial charge >= 0.3 is 174 Å². The topological polar surface area (TPSA) is 0 Å². The predicted molar refractivity (Wildman–Crippen MR) is 130 cm³/mol. The van der Waals surface area contributed by atoms with E-state index in [1.54, 1.807) is 22.3 Å². The van der Waals surface area contributed by atoms with Gasteiger partial charge < -0.3 is 0 Å². The van der Waals surface area contributed by atoms with Crippen molar-refractivity contribution in [2.75, 3.05) is 0 Å². The van der Waals surface area contributed by atoms with Gasteiger partial charge in [-0.1, -0.05) is 0 Å². The summed E-state index contributed by atoms with van der Waals surface area (Å²) in [5.41, 5.74) is 12.5. The molecule has 30 heavy (non-hydrogen) atoms. The first-order valence-electron chi connectivity index (χ1n) is 10.8. The minimum Gasteiger partial charge on any atom is -0.269 e. The zero-order chi connectivity index (χ0) is 20.3. The number of fused-ring (bicyclic) bond motifs is 2. The van der Waals surface area contributed by atoms with E-state index in [4.69, 9.17) is 0 Å². The summed E-state index contributed by atoms with van der Waals surface area (Å²) in [6.07, 6.45) is 7.43. The molecule has 0 N–H and O–H groups in total. The van der Waals surface area contributed by atoms with Crippen LogP contribution in [-0.4, -0.2) is 6.88 Å². The zero-order valence-electron chi connectivity index (χ0n) is 19.2. The maximum Gasteiger partial charge on any atom is -0.269 e. The summed E-state index contributed by atoms with van der Waals surface area (Å²) in [6.45, 7) is 11.7. The fourth-order valence-electron chi connectivity index (χ4n) is 6.26. The molecule has 0 saturated carbocycles. The average molecular weight is 506 g/mol. The van der Waals surface area contributed by atoms with E-state index in [1.807, 2.05) is 0 Å². The molecule has 0 radical (unpaired) electrons. The van der Waals surface area contributed by atoms with E-state index in [1.165, 1.54) is 35.1 Å². The van der Waals surface area contributed by atoms with Crippen molar-refractivity contribution in [3.05, 3.63) is 80.9 Å². The molecule has 2 unspecified atom stereocenters. The van der Waals surface area contributed by atoms with Gasteiger partial charge in [0.1, 0.15) is 0 Å². The third kappa shape index (κ3) is 3.58. The van der Waals surface area contributed by atoms with Crippen LogP contribution in [0.5, 0.6) is 0 Å². The van der Waals surface area contributed by atoms with Gasteiger partial charge in [0.15, 0.2) is 0 Å². The second-order valence-electron chi connectivity index (χ2n) is 10.1. The normalized spacial score (nSPS) is 19.8. The molecule has 4 rings (SSSR count). The van der Waals surface area contributed by atoms with Gasteiger partial charge in [-0.2, -0.15) is 0 Å². The largest absolute Gasteiger partial charge is 0.269 e. The minimum atomic E-state index is -3.29. The Morgan fingerprint density at radius 2 is 1.10 bits per heavy atom. The molecule has 162 valence electrons. The van der Waals surface area contributed by atoms with Crippen molar-refractivity contribution >= 4 is 19.0 Å². The van der Waals surface area contributed by atoms with Gasteiger partial charge in [0, 0.05) is 0 Å². The Morgan fingerprint density at radius 3 is 1.43 bits per heavy atom. The van der Waals surface area contributed by atoms with E-state index in [9.17, 15) is 0 Å². The molecule has 4 heteroatoms. The van der Waals surface area contributed by atoms with E-state index in [0.717, 1.165) is 0 Å². The predicted octanol–water partition coefficient (Wildman–Crippen LogP) is 7.34. The number of hydrogen-bond acceptors (Lipinski definition) is 0. The number of benzene rings is 2. The summed E-state index contributed by atoms with van der Waals surface area (Å²) in [5.74, 6) is 0. The van der Waals surface area contributed by atoms with Gasteiger partial charge in [-0.3, -0.25) is 9.41 Å². The Morgan fingerprint density at radius 1 is 0.733 bits per heavy atom. The Bertz CT molecular complexity index is 1020. The second kappa shape index (κ2) is 8.43. The van der Waals surface area contributed by atoms with Crippen LogP contribution in [0.3, 0.4) is 0 Å². The maximum absolute atomic E-state index is 3.29. The molecule has 0 aromatic heterocycles. The van der Waals surface area contributed by atoms with E-state index in [0.29, 0.717) is 7.25 Å². The number of halogens is 2. The number of allylic oxidation sites excluding steroid dienone is 2. The van der Waals surface area contributed by atoms with Crippen LogP contribution in [0.4, 0.5) is 9.41 Å². The molecule has 0 nitrogen and oxygen atoms in total. The van der Waals surface area contributed by atoms with Crippen molar-refractivity contribution in [2.45, 2.75) is 57.1 Å². The van der Waals surface area contributed by atoms with Crippen molar-refractivity contribution in [1.29, 1.82) is 0 Å². The Labute approximate surface area is 183 Å². The van der Waals surface area contributed by atoms with E-state index in [-0.39, 0.29) is 9.41 Å². The van der Waals surface area contributed by atoms with Crippen LogP contribution in [0.25, 0.3) is 12.2 Å². The van der Waals surface area contributed by atoms with Crippen LogP contribution in [0.15, 0.2) is 47.5 Å². The Balaban J connectivity index is 0.00000160. The molecule has 0 fully saturated rings. The molecule has 2 aromatic carbocycles. The molecular weight excluding hydrogens is 470 g/mol. The fourth-order valence-corrected chi connectivity index (χ4v) is 26.4. The number of aryl methyl sites for hydroxylation is 2. The first-order valence-corrected chi connectivity index (χ1v) is 24.5. The van der Waals surface area contributed by atoms with Crippen LogP contribution in [0.2, 0.25) is 9.26 Å². The Kier molecular flexibility index (Phi) is 7.07. The summed E-state index contributed by atoms with van der Waals surface area (Å²) in [5, 5.41) is 0. The molecule has 0 amide bonds. The number of rotatable bonds is 4. The second-order valence-corrected chi connectivity index (χ2v) is 40.6. The fraction of sp³-hybridized carbons (Fsp3) is 0.385. The third-order valence-corrected chi connectivity index (χ3v) is 25.0. The molecule has 0 spiro atoms. The van der Waals surface area contributed by atoms with Gasteiger partial charge in [-0.15, -0.1) is 0 Å². The van der Waals surface area contributed by atoms with Gasteiger partial charge in [0.2, 0.25) is 0 Å². The van der Waals surface area contributed by atoms with Gasteiger partial charge in [0.05, 0.1) is 0 Å². The summed E-state index contributed by atoms with van der Waals surface area (Å²) < 4.78 is 6.81. The molecule has 0 saturated heterocycles. The quantitative estimate of drug-likeness (QED) is 0.381. The monoisotopic (exact) mass is 504 g/mol. The van der Waals surface area contributed by atoms with Crippen molar-refractivity contribution in [3.63, 3.8) is 0 Å². The van der Waals surface area contributed by atoms with Crippen molar-refractivity contribution in [3.8, 4) is 0 Å². The third-order valence-electron chi connectivity index (χ3n) is 7.45. The van der Waals surface area contributed by atoms with Crippen LogP contribution in [0, 0.1) is 13.8 Å². The smallest absolute Gasteiger partial charge is 0.269 e. The van der Waals surface area contributed by atoms with Crippen molar-refractivity contribution < 1.29 is 26.8 Å². The first kappa shape index (κ1) is 25.1. The SMILES string of the molecule is CCC1=Cc2c(C)cccc2[CH]1[Zr]([CH3])([CH3])(=[SiH2])[CH]1C(CC)=Cc2c(C)cccc21.F.F. The van der Waals surface area contributed by atoms with E-state index < -0.39 is 17.4 Å². The van der Waals surface area contributed by atoms with Gasteiger partial charge in [-0.05, 0) is 0 Å². The van der Waals surface area contributed by atoms with Crippen LogP contribution in [-0.2, 0) is 17.4 Å². The first-order chi connectivity index (χ1) is 13.2. The van der Waals surface area contributed by atoms with Crippen LogP contribution < -0.4 is 0 Å². The molecular formula is C26H36F2SiZr. The molecule has 0 heterocycles. The molecule has 2 aliphatic rings. The minimum absolute atomic E-state index is 0. The van der Waals surface area contributed by atoms with E-state index in [2.05, 4.69) is 92.4 Å². The maximum atomic E-state index is 2.75. The summed E-state index contributed by atoms with van der Waals surface area (Å²) >= 11 is -3.29. The summed E-state index contributed by atoms with van der Waals surface area (Å²) in [6, 6.07) is 14.0. The van der Waals surface area contributed by atoms with Crippen molar-refractivity contribution in [1.82, 2.24) is 0 Å². The molecule has 0 aliphatic heterocycles. The van der Waals surface area contributed by atoms with Crippen LogP contribution >= 0.6 is 0 Å². The van der Waals surface area contributed by atoms with E-state index >= 15 is 0 Å². The van der Waals surface area contributed by atoms with Crippen LogP contribution in [0.1, 0.15) is 67.3 Å². The number of hydrogen-bond donors (Lipinski definition) is 0. The zero-order valence-corrected chi connectivity index (χ0v) is 23.1. The van der Waals surface area contributed by atoms with Crippen molar-refractivity contribution in [2.24, 2.45) is 0 Å². The molecule has 2 atom stereocenters. The summed E-state index contributed by atoms with van der Waals surface area (Å²) in [7, 11) is 0. The average Bonchev–Trinajstić information content (AvgIpc) is 3.22. The molecule has 2 aliphatic carbocycles. The summed E-state index contributed by atoms with van der Waals surface area (Å²) in [4.78, 5) is 0. The van der Waals surface area contributed by atoms with Gasteiger partial charge in [-0.25, -0.2) is 0 Å². The standard InChI is InChI=1S/2C12H13.2CH3.2FH.H2Si.Zr/c2*1-3-10-7-11-6-4-5-9(2)12(11)8-10;;;;;;/h2*4-8H,3H2,1-2H3;2*1H3;2*1H;1H2;. The molecule has 0 bridgehead atoms. The molecule has 2 aromatic rings. The Hall–Kier alpha value is -1.12. The van der Waals surface area contributed by atoms with Gasteiger partial charge in [0.25, 0.3) is 0 Å².